The molecule has 0 radical (unpaired) electrons. The number of ketones is 1. The van der Waals surface area contributed by atoms with Gasteiger partial charge in [-0.05, 0) is 74.0 Å². The third-order valence-corrected chi connectivity index (χ3v) is 5.88. The van der Waals surface area contributed by atoms with E-state index < -0.39 is 0 Å². The van der Waals surface area contributed by atoms with Crippen molar-refractivity contribution in [2.75, 3.05) is 5.75 Å². The van der Waals surface area contributed by atoms with E-state index in [4.69, 9.17) is 0 Å². The van der Waals surface area contributed by atoms with E-state index in [1.54, 1.807) is 36.4 Å². The van der Waals surface area contributed by atoms with E-state index in [2.05, 4.69) is 47.1 Å². The fourth-order valence-electron chi connectivity index (χ4n) is 1.97. The zero-order valence-corrected chi connectivity index (χ0v) is 20.3. The van der Waals surface area contributed by atoms with Gasteiger partial charge in [-0.1, -0.05) is 23.9 Å². The second-order valence-corrected chi connectivity index (χ2v) is 9.29. The van der Waals surface area contributed by atoms with E-state index in [0.29, 0.717) is 37.5 Å². The van der Waals surface area contributed by atoms with Crippen molar-refractivity contribution in [3.05, 3.63) is 61.9 Å². The Morgan fingerprint density at radius 1 is 0.935 bits per heavy atom. The van der Waals surface area contributed by atoms with Crippen LogP contribution in [0.1, 0.15) is 22.6 Å². The monoisotopic (exact) mass is 585 g/mol. The fourth-order valence-corrected chi connectivity index (χ4v) is 4.04. The highest BCUT2D eigenvalue weighted by Crippen LogP contribution is 2.25. The highest BCUT2D eigenvalue weighted by atomic mass is 79.9. The van der Waals surface area contributed by atoms with Crippen molar-refractivity contribution in [3.8, 4) is 0 Å². The van der Waals surface area contributed by atoms with Gasteiger partial charge in [-0.25, -0.2) is 9.97 Å². The number of hydrogen-bond acceptors (Lipinski definition) is 9. The van der Waals surface area contributed by atoms with Crippen LogP contribution in [0.2, 0.25) is 0 Å². The molecule has 2 fully saturated rings. The molecule has 160 valence electrons. The molecule has 2 aromatic rings. The molecule has 0 spiro atoms. The lowest BCUT2D eigenvalue weighted by molar-refractivity contribution is -0.120. The number of imide groups is 1. The van der Waals surface area contributed by atoms with Gasteiger partial charge in [0, 0.05) is 0 Å². The van der Waals surface area contributed by atoms with Crippen molar-refractivity contribution in [1.82, 2.24) is 15.3 Å². The molecule has 2 aliphatic rings. The lowest BCUT2D eigenvalue weighted by Gasteiger charge is -1.94. The molecule has 0 unspecified atom stereocenters. The lowest BCUT2D eigenvalue weighted by Crippen LogP contribution is -2.17. The number of carbonyl (C=O) groups is 5. The van der Waals surface area contributed by atoms with Crippen molar-refractivity contribution >= 4 is 89.8 Å². The molecule has 0 aliphatic carbocycles. The first kappa shape index (κ1) is 25.1. The van der Waals surface area contributed by atoms with Crippen LogP contribution in [-0.4, -0.2) is 44.1 Å². The van der Waals surface area contributed by atoms with E-state index in [0.717, 1.165) is 23.5 Å². The quantitative estimate of drug-likeness (QED) is 0.240. The Kier molecular flexibility index (Phi) is 10.2. The number of hydrogen-bond donors (Lipinski definition) is 1. The van der Waals surface area contributed by atoms with Gasteiger partial charge in [0.1, 0.15) is 14.9 Å². The Balaban J connectivity index is 0.000000181. The number of nitrogens with one attached hydrogen (secondary N) is 1. The predicted molar refractivity (Wildman–Crippen MR) is 125 cm³/mol. The molecule has 4 rings (SSSR count). The molecule has 2 amide bonds. The van der Waals surface area contributed by atoms with Crippen LogP contribution in [0.4, 0.5) is 4.79 Å². The SMILES string of the molecule is O=C1CSC(=O)C1.O=C1NC(=O)/C(=C/c2cccc(Br)n2)S1.O=Cc1cccc(Br)n1. The molecule has 0 bridgehead atoms. The van der Waals surface area contributed by atoms with Crippen molar-refractivity contribution in [2.45, 2.75) is 6.42 Å². The molecule has 0 saturated carbocycles. The van der Waals surface area contributed by atoms with Gasteiger partial charge in [-0.3, -0.25) is 29.3 Å². The number of aromatic nitrogens is 2. The van der Waals surface area contributed by atoms with Gasteiger partial charge < -0.3 is 0 Å². The van der Waals surface area contributed by atoms with Gasteiger partial charge in [-0.15, -0.1) is 0 Å². The molecule has 2 aliphatic heterocycles. The van der Waals surface area contributed by atoms with Crippen LogP contribution < -0.4 is 5.32 Å². The van der Waals surface area contributed by atoms with Crippen molar-refractivity contribution < 1.29 is 24.0 Å². The van der Waals surface area contributed by atoms with Gasteiger partial charge in [0.25, 0.3) is 11.1 Å². The summed E-state index contributed by atoms with van der Waals surface area (Å²) in [6.45, 7) is 0. The minimum Gasteiger partial charge on any atom is -0.298 e. The average molecular weight is 587 g/mol. The first-order valence-electron chi connectivity index (χ1n) is 8.39. The minimum absolute atomic E-state index is 0.0185. The molecule has 0 aromatic carbocycles. The van der Waals surface area contributed by atoms with Crippen LogP contribution in [0.15, 0.2) is 50.5 Å². The molecule has 1 N–H and O–H groups in total. The predicted octanol–water partition coefficient (Wildman–Crippen LogP) is 4.04. The number of carbonyl (C=O) groups excluding carboxylic acids is 5. The van der Waals surface area contributed by atoms with Gasteiger partial charge in [-0.2, -0.15) is 0 Å². The number of aldehydes is 1. The smallest absolute Gasteiger partial charge is 0.290 e. The summed E-state index contributed by atoms with van der Waals surface area (Å²) in [5, 5.41) is 1.85. The van der Waals surface area contributed by atoms with Crippen LogP contribution >= 0.6 is 55.4 Å². The van der Waals surface area contributed by atoms with Crippen molar-refractivity contribution in [3.63, 3.8) is 0 Å². The molecule has 2 saturated heterocycles. The first-order chi connectivity index (χ1) is 14.8. The van der Waals surface area contributed by atoms with Crippen molar-refractivity contribution in [2.24, 2.45) is 0 Å². The maximum Gasteiger partial charge on any atom is 0.290 e. The lowest BCUT2D eigenvalue weighted by atomic mass is 10.3. The molecule has 8 nitrogen and oxygen atoms in total. The highest BCUT2D eigenvalue weighted by Gasteiger charge is 2.25. The maximum atomic E-state index is 11.2. The summed E-state index contributed by atoms with van der Waals surface area (Å²) >= 11 is 8.35. The Hall–Kier alpha value is -2.15. The van der Waals surface area contributed by atoms with Gasteiger partial charge >= 0.3 is 0 Å². The highest BCUT2D eigenvalue weighted by molar-refractivity contribution is 9.10. The van der Waals surface area contributed by atoms with E-state index >= 15 is 0 Å². The van der Waals surface area contributed by atoms with Crippen LogP contribution in [0.25, 0.3) is 6.08 Å². The molecule has 31 heavy (non-hydrogen) atoms. The Morgan fingerprint density at radius 3 is 1.94 bits per heavy atom. The molecule has 4 heterocycles. The van der Waals surface area contributed by atoms with Crippen LogP contribution in [-0.2, 0) is 14.4 Å². The molecule has 12 heteroatoms. The number of amides is 2. The van der Waals surface area contributed by atoms with E-state index in [1.807, 2.05) is 6.07 Å². The summed E-state index contributed by atoms with van der Waals surface area (Å²) in [4.78, 5) is 60.9. The van der Waals surface area contributed by atoms with E-state index in [9.17, 15) is 24.0 Å². The number of Topliss-reactive ketones (excluding diaryl/α,β-unsaturated/α-hetero) is 1. The van der Waals surface area contributed by atoms with Crippen LogP contribution in [0.5, 0.6) is 0 Å². The van der Waals surface area contributed by atoms with Crippen molar-refractivity contribution in [1.29, 1.82) is 0 Å². The normalized spacial score (nSPS) is 16.3. The number of rotatable bonds is 2. The van der Waals surface area contributed by atoms with E-state index in [-0.39, 0.29) is 28.5 Å². The number of nitrogens with zero attached hydrogens (tertiary/aromatic N) is 2. The summed E-state index contributed by atoms with van der Waals surface area (Å²) in [6, 6.07) is 10.5. The largest absolute Gasteiger partial charge is 0.298 e. The average Bonchev–Trinajstić information content (AvgIpc) is 3.25. The van der Waals surface area contributed by atoms with E-state index in [1.165, 1.54) is 0 Å². The second kappa shape index (κ2) is 12.6. The zero-order valence-electron chi connectivity index (χ0n) is 15.5. The standard InChI is InChI=1S/C9H5BrN2O2S.C6H4BrNO.C4H4O2S/c10-7-3-1-2-5(11-7)4-6-8(13)12-9(14)15-6;7-6-3-1-2-5(4-9)8-6;5-3-1-4(6)7-2-3/h1-4H,(H,12,13,14);1-4H;1-2H2/b6-4-;;. The third kappa shape index (κ3) is 9.25. The van der Waals surface area contributed by atoms with Gasteiger partial charge in [0.05, 0.1) is 22.8 Å². The fraction of sp³-hybridized carbons (Fsp3) is 0.105. The molecule has 0 atom stereocenters. The number of pyridine rings is 2. The van der Waals surface area contributed by atoms with Crippen LogP contribution in [0, 0.1) is 0 Å². The maximum absolute atomic E-state index is 11.2. The van der Waals surface area contributed by atoms with Gasteiger partial charge in [0.15, 0.2) is 17.2 Å². The third-order valence-electron chi connectivity index (χ3n) is 3.25. The second-order valence-electron chi connectivity index (χ2n) is 5.62. The summed E-state index contributed by atoms with van der Waals surface area (Å²) < 4.78 is 1.37. The Labute approximate surface area is 202 Å². The summed E-state index contributed by atoms with van der Waals surface area (Å²) in [6.07, 6.45) is 2.45. The zero-order chi connectivity index (χ0) is 22.8. The minimum atomic E-state index is -0.369. The van der Waals surface area contributed by atoms with Crippen LogP contribution in [0.3, 0.4) is 0 Å². The first-order valence-corrected chi connectivity index (χ1v) is 11.8. The summed E-state index contributed by atoms with van der Waals surface area (Å²) in [7, 11) is 0. The molecular formula is C19H13Br2N3O5S2. The summed E-state index contributed by atoms with van der Waals surface area (Å²) in [5.41, 5.74) is 1.08. The number of halogens is 2. The molecule has 2 aromatic heterocycles. The molecular weight excluding hydrogens is 574 g/mol. The topological polar surface area (TPSA) is 123 Å². The Bertz CT molecular complexity index is 1050. The van der Waals surface area contributed by atoms with Gasteiger partial charge in [0.2, 0.25) is 0 Å². The number of thioether (sulfide) groups is 2. The Morgan fingerprint density at radius 2 is 1.55 bits per heavy atom. The summed E-state index contributed by atoms with van der Waals surface area (Å²) in [5.74, 6) is 0.0977.